The van der Waals surface area contributed by atoms with E-state index in [1.807, 2.05) is 6.07 Å². The Kier molecular flexibility index (Phi) is 18.3. The minimum absolute atomic E-state index is 0.00504. The molecule has 3 aliphatic heterocycles. The molecular formula is C56H59FN6O12S. The first-order chi connectivity index (χ1) is 36.7. The van der Waals surface area contributed by atoms with Crippen LogP contribution in [0.5, 0.6) is 0 Å². The van der Waals surface area contributed by atoms with Crippen LogP contribution in [0.2, 0.25) is 0 Å². The van der Waals surface area contributed by atoms with Gasteiger partial charge in [0.05, 0.1) is 61.4 Å². The summed E-state index contributed by atoms with van der Waals surface area (Å²) in [5, 5.41) is 8.12. The van der Waals surface area contributed by atoms with Crippen LogP contribution in [0.4, 0.5) is 15.9 Å². The van der Waals surface area contributed by atoms with E-state index in [-0.39, 0.29) is 83.8 Å². The Balaban J connectivity index is 0.663. The van der Waals surface area contributed by atoms with Crippen LogP contribution in [-0.2, 0) is 61.8 Å². The summed E-state index contributed by atoms with van der Waals surface area (Å²) in [6.45, 7) is 2.64. The van der Waals surface area contributed by atoms with Crippen molar-refractivity contribution in [3.05, 3.63) is 130 Å². The third kappa shape index (κ3) is 13.7. The first-order valence-corrected chi connectivity index (χ1v) is 26.9. The average molecular weight is 1060 g/mol. The lowest BCUT2D eigenvalue weighted by Gasteiger charge is -2.27. The summed E-state index contributed by atoms with van der Waals surface area (Å²) in [5.74, 6) is -3.27. The molecule has 18 nitrogen and oxygen atoms in total. The number of ether oxygens (including phenoxy) is 3. The number of carbonyl (C=O) groups is 7. The van der Waals surface area contributed by atoms with Crippen LogP contribution in [0.3, 0.4) is 0 Å². The molecule has 4 aromatic carbocycles. The molecule has 1 aromatic heterocycles. The molecule has 8 rings (SSSR count). The number of nitrogens with two attached hydrogens (primary N) is 1. The van der Waals surface area contributed by atoms with Gasteiger partial charge in [0.15, 0.2) is 9.84 Å². The fourth-order valence-corrected chi connectivity index (χ4v) is 10.8. The number of hydrogen-bond acceptors (Lipinski definition) is 15. The van der Waals surface area contributed by atoms with Crippen LogP contribution in [0, 0.1) is 5.82 Å². The van der Waals surface area contributed by atoms with Crippen LogP contribution in [-0.4, -0.2) is 118 Å². The van der Waals surface area contributed by atoms with Crippen LogP contribution >= 0.6 is 0 Å². The van der Waals surface area contributed by atoms with Gasteiger partial charge >= 0.3 is 0 Å². The number of rotatable bonds is 27. The standard InChI is InChI=1S/C56H59FN6O12S/c57-47-32-42(13-15-43(47)39-31-46(52(58)61-33-39)37-12-14-44-38(30-37)18-20-60-53(44)67)76(71,72)34-36-7-4-6-35(28-36)29-41(65)9-3-1-2-8-40(64)19-22-73-24-26-75-27-25-74-23-21-59-48-11-5-10-45-51(48)56(70)63(55(45)69)49-16-17-50(66)62-54(49)68/h4-7,10-15,28,30-33,49,59H,1-3,8-9,16-27,29,34H2,(H2,58,61)(H,60,67)(H,62,66,68). The van der Waals surface area contributed by atoms with Gasteiger partial charge in [-0.1, -0.05) is 55.0 Å². The normalized spacial score (nSPS) is 15.3. The second kappa shape index (κ2) is 25.3. The van der Waals surface area contributed by atoms with E-state index in [2.05, 4.69) is 20.9 Å². The molecule has 398 valence electrons. The Morgan fingerprint density at radius 1 is 0.724 bits per heavy atom. The minimum Gasteiger partial charge on any atom is -0.383 e. The monoisotopic (exact) mass is 1060 g/mol. The number of imide groups is 2. The van der Waals surface area contributed by atoms with Gasteiger partial charge in [0.2, 0.25) is 11.8 Å². The van der Waals surface area contributed by atoms with Gasteiger partial charge in [-0.25, -0.2) is 17.8 Å². The van der Waals surface area contributed by atoms with Crippen molar-refractivity contribution in [2.75, 3.05) is 63.8 Å². The van der Waals surface area contributed by atoms with E-state index in [0.29, 0.717) is 112 Å². The van der Waals surface area contributed by atoms with E-state index >= 15 is 4.39 Å². The highest BCUT2D eigenvalue weighted by atomic mass is 32.2. The van der Waals surface area contributed by atoms with Crippen LogP contribution in [0.25, 0.3) is 22.3 Å². The summed E-state index contributed by atoms with van der Waals surface area (Å²) in [4.78, 5) is 92.7. The first kappa shape index (κ1) is 54.7. The number of nitrogens with one attached hydrogen (secondary N) is 3. The summed E-state index contributed by atoms with van der Waals surface area (Å²) < 4.78 is 59.4. The Bertz CT molecular complexity index is 3170. The van der Waals surface area contributed by atoms with Crippen LogP contribution in [0.1, 0.15) is 99.1 Å². The zero-order valence-corrected chi connectivity index (χ0v) is 42.6. The average Bonchev–Trinajstić information content (AvgIpc) is 3.66. The van der Waals surface area contributed by atoms with E-state index in [4.69, 9.17) is 19.9 Å². The number of halogens is 1. The molecule has 5 N–H and O–H groups in total. The number of unbranched alkanes of at least 4 members (excludes halogenated alkanes) is 2. The van der Waals surface area contributed by atoms with Crippen molar-refractivity contribution in [3.8, 4) is 22.3 Å². The smallest absolute Gasteiger partial charge is 0.264 e. The second-order valence-corrected chi connectivity index (χ2v) is 20.7. The molecular weight excluding hydrogens is 1000 g/mol. The molecule has 20 heteroatoms. The molecule has 0 saturated carbocycles. The lowest BCUT2D eigenvalue weighted by atomic mass is 9.94. The maximum atomic E-state index is 15.7. The number of pyridine rings is 1. The zero-order chi connectivity index (χ0) is 53.8. The second-order valence-electron chi connectivity index (χ2n) is 18.8. The molecule has 76 heavy (non-hydrogen) atoms. The summed E-state index contributed by atoms with van der Waals surface area (Å²) >= 11 is 0. The summed E-state index contributed by atoms with van der Waals surface area (Å²) in [5.41, 5.74) is 11.4. The lowest BCUT2D eigenvalue weighted by molar-refractivity contribution is -0.136. The molecule has 0 bridgehead atoms. The minimum atomic E-state index is -3.97. The number of amides is 5. The molecule has 0 spiro atoms. The molecule has 1 atom stereocenters. The van der Waals surface area contributed by atoms with Gasteiger partial charge in [0.1, 0.15) is 29.2 Å². The Labute approximate surface area is 439 Å². The predicted octanol–water partition coefficient (Wildman–Crippen LogP) is 5.98. The predicted molar refractivity (Wildman–Crippen MR) is 278 cm³/mol. The van der Waals surface area contributed by atoms with E-state index in [1.165, 1.54) is 24.4 Å². The Morgan fingerprint density at radius 3 is 2.22 bits per heavy atom. The number of anilines is 2. The van der Waals surface area contributed by atoms with Gasteiger partial charge in [-0.05, 0) is 84.3 Å². The summed E-state index contributed by atoms with van der Waals surface area (Å²) in [6, 6.07) is 21.4. The number of carbonyl (C=O) groups excluding carboxylic acids is 7. The van der Waals surface area contributed by atoms with Crippen molar-refractivity contribution in [3.63, 3.8) is 0 Å². The molecule has 0 radical (unpaired) electrons. The van der Waals surface area contributed by atoms with Crippen LogP contribution in [0.15, 0.2) is 96.0 Å². The Hall–Kier alpha value is -7.52. The largest absolute Gasteiger partial charge is 0.383 e. The molecule has 0 aliphatic carbocycles. The van der Waals surface area contributed by atoms with Gasteiger partial charge < -0.3 is 30.6 Å². The molecule has 1 saturated heterocycles. The van der Waals surface area contributed by atoms with Crippen molar-refractivity contribution in [2.24, 2.45) is 0 Å². The highest BCUT2D eigenvalue weighted by Gasteiger charge is 2.45. The molecule has 1 unspecified atom stereocenters. The Morgan fingerprint density at radius 2 is 1.45 bits per heavy atom. The SMILES string of the molecule is Nc1ncc(-c2ccc(S(=O)(=O)Cc3cccc(CC(=O)CCCCCC(=O)CCOCCOCCOCCNc4cccc5c4C(=O)N(C4CCC(=O)NC4=O)C5=O)c3)cc2F)cc1-c1ccc2c(c1)CCNC2=O. The van der Waals surface area contributed by atoms with Gasteiger partial charge in [0, 0.05) is 79.3 Å². The molecule has 1 fully saturated rings. The van der Waals surface area contributed by atoms with Gasteiger partial charge in [-0.3, -0.25) is 43.8 Å². The van der Waals surface area contributed by atoms with E-state index in [1.54, 1.807) is 54.6 Å². The third-order valence-corrected chi connectivity index (χ3v) is 15.0. The molecule has 5 amide bonds. The number of sulfone groups is 1. The van der Waals surface area contributed by atoms with Crippen molar-refractivity contribution in [2.45, 2.75) is 80.9 Å². The quantitative estimate of drug-likeness (QED) is 0.0348. The molecule has 5 aromatic rings. The maximum absolute atomic E-state index is 15.7. The van der Waals surface area contributed by atoms with Gasteiger partial charge in [-0.15, -0.1) is 0 Å². The zero-order valence-electron chi connectivity index (χ0n) is 41.8. The number of nitrogen functional groups attached to an aromatic ring is 1. The van der Waals surface area contributed by atoms with Crippen molar-refractivity contribution in [1.82, 2.24) is 20.5 Å². The number of hydrogen-bond donors (Lipinski definition) is 4. The number of piperidine rings is 1. The number of benzene rings is 4. The number of aromatic nitrogens is 1. The van der Waals surface area contributed by atoms with E-state index in [0.717, 1.165) is 22.1 Å². The third-order valence-electron chi connectivity index (χ3n) is 13.3. The fourth-order valence-electron chi connectivity index (χ4n) is 9.42. The number of nitrogens with zero attached hydrogens (tertiary/aromatic N) is 2. The van der Waals surface area contributed by atoms with Crippen molar-refractivity contribution in [1.29, 1.82) is 0 Å². The van der Waals surface area contributed by atoms with Crippen LogP contribution < -0.4 is 21.7 Å². The molecule has 3 aliphatic rings. The van der Waals surface area contributed by atoms with Gasteiger partial charge in [-0.2, -0.15) is 0 Å². The first-order valence-electron chi connectivity index (χ1n) is 25.3. The maximum Gasteiger partial charge on any atom is 0.264 e. The van der Waals surface area contributed by atoms with E-state index < -0.39 is 51.1 Å². The fraction of sp³-hybridized carbons (Fsp3) is 0.357. The van der Waals surface area contributed by atoms with Crippen molar-refractivity contribution < 1.29 is 60.6 Å². The number of Topliss-reactive ketones (excluding diaryl/α,β-unsaturated/α-hetero) is 2. The molecule has 4 heterocycles. The summed E-state index contributed by atoms with van der Waals surface area (Å²) in [7, 11) is -3.97. The van der Waals surface area contributed by atoms with Crippen molar-refractivity contribution >= 4 is 62.4 Å². The van der Waals surface area contributed by atoms with Gasteiger partial charge in [0.25, 0.3) is 17.7 Å². The van der Waals surface area contributed by atoms with E-state index in [9.17, 15) is 42.0 Å². The number of ketones is 2. The topological polar surface area (TPSA) is 260 Å². The lowest BCUT2D eigenvalue weighted by Crippen LogP contribution is -2.54. The highest BCUT2D eigenvalue weighted by Crippen LogP contribution is 2.35. The summed E-state index contributed by atoms with van der Waals surface area (Å²) in [6.07, 6.45) is 5.25. The highest BCUT2D eigenvalue weighted by molar-refractivity contribution is 7.90. The number of fused-ring (bicyclic) bond motifs is 2.